The lowest BCUT2D eigenvalue weighted by atomic mass is 10.1. The van der Waals surface area contributed by atoms with Crippen molar-refractivity contribution in [1.82, 2.24) is 0 Å². The van der Waals surface area contributed by atoms with E-state index in [1.165, 1.54) is 19.9 Å². The SMILES string of the molecule is CC(=O)Oc1[c]cc(OC(C)=O)c2ccccc12. The van der Waals surface area contributed by atoms with E-state index in [0.29, 0.717) is 22.3 Å². The summed E-state index contributed by atoms with van der Waals surface area (Å²) in [5.41, 5.74) is 0. The fourth-order valence-corrected chi connectivity index (χ4v) is 1.65. The van der Waals surface area contributed by atoms with Crippen LogP contribution < -0.4 is 9.47 Å². The molecule has 91 valence electrons. The van der Waals surface area contributed by atoms with Gasteiger partial charge < -0.3 is 9.47 Å². The molecule has 4 nitrogen and oxygen atoms in total. The zero-order valence-electron chi connectivity index (χ0n) is 10.0. The monoisotopic (exact) mass is 243 g/mol. The highest BCUT2D eigenvalue weighted by Gasteiger charge is 2.10. The molecule has 0 heterocycles. The second-order valence-corrected chi connectivity index (χ2v) is 3.71. The van der Waals surface area contributed by atoms with Crippen molar-refractivity contribution in [1.29, 1.82) is 0 Å². The molecule has 1 radical (unpaired) electrons. The summed E-state index contributed by atoms with van der Waals surface area (Å²) in [4.78, 5) is 22.0. The maximum Gasteiger partial charge on any atom is 0.308 e. The molecule has 18 heavy (non-hydrogen) atoms. The van der Waals surface area contributed by atoms with E-state index in [2.05, 4.69) is 6.07 Å². The Kier molecular flexibility index (Phi) is 3.28. The summed E-state index contributed by atoms with van der Waals surface area (Å²) in [5, 5.41) is 1.37. The molecule has 0 aromatic heterocycles. The van der Waals surface area contributed by atoms with Gasteiger partial charge in [0.25, 0.3) is 0 Å². The summed E-state index contributed by atoms with van der Waals surface area (Å²) in [5.74, 6) is -0.103. The summed E-state index contributed by atoms with van der Waals surface area (Å²) in [6.45, 7) is 2.65. The van der Waals surface area contributed by atoms with E-state index >= 15 is 0 Å². The van der Waals surface area contributed by atoms with E-state index in [-0.39, 0.29) is 0 Å². The molecule has 0 aliphatic rings. The molecule has 0 spiro atoms. The van der Waals surface area contributed by atoms with Crippen LogP contribution in [-0.4, -0.2) is 11.9 Å². The highest BCUT2D eigenvalue weighted by molar-refractivity contribution is 5.95. The van der Waals surface area contributed by atoms with Gasteiger partial charge >= 0.3 is 11.9 Å². The van der Waals surface area contributed by atoms with Gasteiger partial charge in [-0.05, 0) is 6.07 Å². The van der Waals surface area contributed by atoms with Gasteiger partial charge in [-0.2, -0.15) is 0 Å². The van der Waals surface area contributed by atoms with Crippen LogP contribution in [0, 0.1) is 6.07 Å². The maximum atomic E-state index is 11.0. The first-order valence-electron chi connectivity index (χ1n) is 5.38. The molecule has 0 saturated heterocycles. The Morgan fingerprint density at radius 3 is 2.22 bits per heavy atom. The Hall–Kier alpha value is -2.36. The van der Waals surface area contributed by atoms with Crippen LogP contribution in [0.4, 0.5) is 0 Å². The molecule has 0 bridgehead atoms. The molecule has 0 unspecified atom stereocenters. The standard InChI is InChI=1S/C14H11O4/c1-9(15)17-13-7-8-14(18-10(2)16)12-6-4-3-5-11(12)13/h3-7H,1-2H3. The Bertz CT molecular complexity index is 562. The highest BCUT2D eigenvalue weighted by atomic mass is 16.5. The molecule has 0 amide bonds. The first-order valence-corrected chi connectivity index (χ1v) is 5.38. The molecule has 4 heteroatoms. The van der Waals surface area contributed by atoms with Crippen molar-refractivity contribution >= 4 is 22.7 Å². The van der Waals surface area contributed by atoms with Gasteiger partial charge in [-0.3, -0.25) is 9.59 Å². The minimum Gasteiger partial charge on any atom is -0.426 e. The number of hydrogen-bond acceptors (Lipinski definition) is 4. The van der Waals surface area contributed by atoms with Crippen LogP contribution in [0.5, 0.6) is 11.5 Å². The summed E-state index contributed by atoms with van der Waals surface area (Å²) in [7, 11) is 0. The number of benzene rings is 2. The largest absolute Gasteiger partial charge is 0.426 e. The number of rotatable bonds is 2. The van der Waals surface area contributed by atoms with Crippen molar-refractivity contribution in [2.24, 2.45) is 0 Å². The van der Waals surface area contributed by atoms with E-state index in [9.17, 15) is 9.59 Å². The normalized spacial score (nSPS) is 10.1. The van der Waals surface area contributed by atoms with Gasteiger partial charge in [-0.1, -0.05) is 24.3 Å². The predicted octanol–water partition coefficient (Wildman–Crippen LogP) is 2.49. The van der Waals surface area contributed by atoms with Crippen LogP contribution in [0.25, 0.3) is 10.8 Å². The zero-order chi connectivity index (χ0) is 13.1. The topological polar surface area (TPSA) is 52.6 Å². The van der Waals surface area contributed by atoms with Crippen molar-refractivity contribution < 1.29 is 19.1 Å². The molecule has 0 aliphatic heterocycles. The molecule has 2 aromatic rings. The number of esters is 2. The number of ether oxygens (including phenoxy) is 2. The molecule has 0 fully saturated rings. The second kappa shape index (κ2) is 4.87. The summed E-state index contributed by atoms with van der Waals surface area (Å²) >= 11 is 0. The van der Waals surface area contributed by atoms with Gasteiger partial charge in [0.15, 0.2) is 0 Å². The summed E-state index contributed by atoms with van der Waals surface area (Å²) in [6, 6.07) is 11.5. The summed E-state index contributed by atoms with van der Waals surface area (Å²) in [6.07, 6.45) is 0. The number of carbonyl (C=O) groups excluding carboxylic acids is 2. The fourth-order valence-electron chi connectivity index (χ4n) is 1.65. The van der Waals surface area contributed by atoms with Gasteiger partial charge in [0, 0.05) is 30.7 Å². The van der Waals surface area contributed by atoms with Crippen LogP contribution in [0.15, 0.2) is 30.3 Å². The van der Waals surface area contributed by atoms with E-state index in [1.54, 1.807) is 18.2 Å². The van der Waals surface area contributed by atoms with Gasteiger partial charge in [-0.25, -0.2) is 0 Å². The molecular formula is C14H11O4. The van der Waals surface area contributed by atoms with Crippen LogP contribution in [0.3, 0.4) is 0 Å². The van der Waals surface area contributed by atoms with Gasteiger partial charge in [0.2, 0.25) is 0 Å². The lowest BCUT2D eigenvalue weighted by Crippen LogP contribution is -2.04. The Balaban J connectivity index is 2.58. The quantitative estimate of drug-likeness (QED) is 0.600. The summed E-state index contributed by atoms with van der Waals surface area (Å²) < 4.78 is 10.1. The molecule has 2 aromatic carbocycles. The molecule has 0 N–H and O–H groups in total. The van der Waals surface area contributed by atoms with E-state index in [0.717, 1.165) is 0 Å². The fraction of sp³-hybridized carbons (Fsp3) is 0.143. The third-order valence-corrected chi connectivity index (χ3v) is 2.27. The van der Waals surface area contributed by atoms with Crippen molar-refractivity contribution in [2.75, 3.05) is 0 Å². The van der Waals surface area contributed by atoms with Crippen LogP contribution in [0.1, 0.15) is 13.8 Å². The van der Waals surface area contributed by atoms with E-state index in [1.807, 2.05) is 6.07 Å². The first-order chi connectivity index (χ1) is 8.58. The maximum absolute atomic E-state index is 11.0. The Morgan fingerprint density at radius 2 is 1.61 bits per heavy atom. The van der Waals surface area contributed by atoms with Crippen LogP contribution >= 0.6 is 0 Å². The van der Waals surface area contributed by atoms with Crippen molar-refractivity contribution in [3.05, 3.63) is 36.4 Å². The minimum atomic E-state index is -0.420. The molecule has 2 rings (SSSR count). The van der Waals surface area contributed by atoms with Gasteiger partial charge in [-0.15, -0.1) is 0 Å². The van der Waals surface area contributed by atoms with Crippen LogP contribution in [-0.2, 0) is 9.59 Å². The lowest BCUT2D eigenvalue weighted by Gasteiger charge is -2.09. The Labute approximate surface area is 104 Å². The third-order valence-electron chi connectivity index (χ3n) is 2.27. The average molecular weight is 243 g/mol. The van der Waals surface area contributed by atoms with E-state index < -0.39 is 11.9 Å². The van der Waals surface area contributed by atoms with E-state index in [4.69, 9.17) is 9.47 Å². The number of fused-ring (bicyclic) bond motifs is 1. The average Bonchev–Trinajstić information content (AvgIpc) is 2.31. The Morgan fingerprint density at radius 1 is 1.00 bits per heavy atom. The van der Waals surface area contributed by atoms with Crippen LogP contribution in [0.2, 0.25) is 0 Å². The predicted molar refractivity (Wildman–Crippen MR) is 65.4 cm³/mol. The molecule has 0 atom stereocenters. The van der Waals surface area contributed by atoms with Gasteiger partial charge in [0.1, 0.15) is 11.5 Å². The second-order valence-electron chi connectivity index (χ2n) is 3.71. The van der Waals surface area contributed by atoms with Crippen molar-refractivity contribution in [3.8, 4) is 11.5 Å². The van der Waals surface area contributed by atoms with Gasteiger partial charge in [0.05, 0.1) is 0 Å². The minimum absolute atomic E-state index is 0.328. The third kappa shape index (κ3) is 2.48. The molecule has 0 saturated carbocycles. The number of carbonyl (C=O) groups is 2. The smallest absolute Gasteiger partial charge is 0.308 e. The highest BCUT2D eigenvalue weighted by Crippen LogP contribution is 2.32. The zero-order valence-corrected chi connectivity index (χ0v) is 10.0. The molecular weight excluding hydrogens is 232 g/mol. The van der Waals surface area contributed by atoms with Crippen molar-refractivity contribution in [3.63, 3.8) is 0 Å². The number of hydrogen-bond donors (Lipinski definition) is 0. The first kappa shape index (κ1) is 12.1. The van der Waals surface area contributed by atoms with Crippen molar-refractivity contribution in [2.45, 2.75) is 13.8 Å². The molecule has 0 aliphatic carbocycles. The lowest BCUT2D eigenvalue weighted by molar-refractivity contribution is -0.132.